The van der Waals surface area contributed by atoms with Crippen LogP contribution < -0.4 is 9.64 Å². The van der Waals surface area contributed by atoms with E-state index in [1.54, 1.807) is 33.5 Å². The fraction of sp³-hybridized carbons (Fsp3) is 0.333. The van der Waals surface area contributed by atoms with Gasteiger partial charge in [0.2, 0.25) is 15.8 Å². The Morgan fingerprint density at radius 2 is 1.74 bits per heavy atom. The predicted molar refractivity (Wildman–Crippen MR) is 164 cm³/mol. The lowest BCUT2D eigenvalue weighted by atomic mass is 10.1. The predicted octanol–water partition coefficient (Wildman–Crippen LogP) is 4.58. The second-order valence-electron chi connectivity index (χ2n) is 10.5. The largest absolute Gasteiger partial charge is 0.491 e. The minimum atomic E-state index is -3.37. The van der Waals surface area contributed by atoms with Crippen molar-refractivity contribution in [3.05, 3.63) is 107 Å². The van der Waals surface area contributed by atoms with E-state index in [9.17, 15) is 8.42 Å². The fourth-order valence-corrected chi connectivity index (χ4v) is 7.39. The van der Waals surface area contributed by atoms with Gasteiger partial charge in [0.05, 0.1) is 17.4 Å². The van der Waals surface area contributed by atoms with Crippen molar-refractivity contribution >= 4 is 38.9 Å². The van der Waals surface area contributed by atoms with E-state index in [-0.39, 0.29) is 25.0 Å². The smallest absolute Gasteiger partial charge is 0.218 e. The highest BCUT2D eigenvalue weighted by Crippen LogP contribution is 2.40. The molecule has 0 spiro atoms. The number of piperazine rings is 1. The molecule has 2 atom stereocenters. The van der Waals surface area contributed by atoms with Gasteiger partial charge in [0.1, 0.15) is 37.7 Å². The molecule has 2 saturated heterocycles. The van der Waals surface area contributed by atoms with E-state index >= 15 is 0 Å². The number of hydrogen-bond donors (Lipinski definition) is 0. The molecule has 3 aromatic carbocycles. The van der Waals surface area contributed by atoms with Gasteiger partial charge in [-0.05, 0) is 42.0 Å². The van der Waals surface area contributed by atoms with Gasteiger partial charge in [-0.25, -0.2) is 18.1 Å². The normalized spacial score (nSPS) is 21.3. The summed E-state index contributed by atoms with van der Waals surface area (Å²) in [7, 11) is -3.37. The standard InChI is InChI=1S/C30H31Cl2N5O5S/c31-24-6-11-28(29(32)16-24)30(20-36-22-33-21-34-36)41-18-27(42-30)17-40-26-9-7-25(8-10-26)35-12-14-37(15-13-35)43(38,39)19-23-4-2-1-3-5-23/h1-11,16,21-22,27H,12-15,17-20H2/t27-,30-/m1/s1. The Hall–Kier alpha value is -3.19. The van der Waals surface area contributed by atoms with Crippen molar-refractivity contribution in [2.75, 3.05) is 44.3 Å². The van der Waals surface area contributed by atoms with Crippen LogP contribution >= 0.6 is 23.2 Å². The number of sulfonamides is 1. The van der Waals surface area contributed by atoms with Gasteiger partial charge in [-0.3, -0.25) is 0 Å². The molecule has 226 valence electrons. The SMILES string of the molecule is O=S(=O)(Cc1ccccc1)N1CCN(c2ccc(OC[C@@H]3CO[C@@](Cn4cncn4)(c4ccc(Cl)cc4Cl)O3)cc2)CC1. The third kappa shape index (κ3) is 6.98. The summed E-state index contributed by atoms with van der Waals surface area (Å²) < 4.78 is 47.7. The van der Waals surface area contributed by atoms with Crippen LogP contribution in [0, 0.1) is 0 Å². The summed E-state index contributed by atoms with van der Waals surface area (Å²) in [5, 5.41) is 5.15. The van der Waals surface area contributed by atoms with E-state index in [1.807, 2.05) is 54.6 Å². The number of aromatic nitrogens is 3. The first-order chi connectivity index (χ1) is 20.8. The molecule has 3 heterocycles. The molecule has 0 bridgehead atoms. The summed E-state index contributed by atoms with van der Waals surface area (Å²) >= 11 is 12.7. The first kappa shape index (κ1) is 29.9. The Labute approximate surface area is 260 Å². The summed E-state index contributed by atoms with van der Waals surface area (Å²) in [4.78, 5) is 6.20. The van der Waals surface area contributed by atoms with E-state index < -0.39 is 15.8 Å². The Balaban J connectivity index is 1.04. The number of ether oxygens (including phenoxy) is 3. The molecule has 1 aromatic heterocycles. The number of halogens is 2. The molecule has 43 heavy (non-hydrogen) atoms. The topological polar surface area (TPSA) is 99.0 Å². The molecule has 0 radical (unpaired) electrons. The zero-order valence-electron chi connectivity index (χ0n) is 23.3. The van der Waals surface area contributed by atoms with E-state index in [4.69, 9.17) is 37.4 Å². The molecule has 13 heteroatoms. The molecule has 2 aliphatic rings. The zero-order chi connectivity index (χ0) is 29.9. The summed E-state index contributed by atoms with van der Waals surface area (Å²) in [6.45, 7) is 2.93. The molecule has 0 N–H and O–H groups in total. The molecular formula is C30H31Cl2N5O5S. The highest BCUT2D eigenvalue weighted by atomic mass is 35.5. The van der Waals surface area contributed by atoms with Crippen LogP contribution in [0.3, 0.4) is 0 Å². The van der Waals surface area contributed by atoms with Crippen LogP contribution in [-0.2, 0) is 37.6 Å². The molecule has 0 amide bonds. The monoisotopic (exact) mass is 643 g/mol. The Morgan fingerprint density at radius 1 is 0.977 bits per heavy atom. The quantitative estimate of drug-likeness (QED) is 0.248. The van der Waals surface area contributed by atoms with Gasteiger partial charge in [0.25, 0.3) is 0 Å². The summed E-state index contributed by atoms with van der Waals surface area (Å²) in [5.74, 6) is -0.469. The molecular weight excluding hydrogens is 613 g/mol. The highest BCUT2D eigenvalue weighted by molar-refractivity contribution is 7.88. The maximum Gasteiger partial charge on any atom is 0.218 e. The van der Waals surface area contributed by atoms with Crippen molar-refractivity contribution in [1.82, 2.24) is 19.1 Å². The van der Waals surface area contributed by atoms with Crippen LogP contribution in [0.1, 0.15) is 11.1 Å². The second kappa shape index (κ2) is 12.8. The van der Waals surface area contributed by atoms with Gasteiger partial charge in [0, 0.05) is 42.5 Å². The van der Waals surface area contributed by atoms with Gasteiger partial charge in [0.15, 0.2) is 0 Å². The number of anilines is 1. The molecule has 6 rings (SSSR count). The van der Waals surface area contributed by atoms with Gasteiger partial charge in [-0.2, -0.15) is 9.40 Å². The lowest BCUT2D eigenvalue weighted by Gasteiger charge is -2.35. The van der Waals surface area contributed by atoms with Gasteiger partial charge < -0.3 is 19.1 Å². The van der Waals surface area contributed by atoms with Crippen LogP contribution in [0.4, 0.5) is 5.69 Å². The summed E-state index contributed by atoms with van der Waals surface area (Å²) in [6, 6.07) is 22.3. The van der Waals surface area contributed by atoms with Gasteiger partial charge in [-0.15, -0.1) is 0 Å². The van der Waals surface area contributed by atoms with Crippen molar-refractivity contribution in [3.8, 4) is 5.75 Å². The highest BCUT2D eigenvalue weighted by Gasteiger charge is 2.45. The molecule has 10 nitrogen and oxygen atoms in total. The lowest BCUT2D eigenvalue weighted by Crippen LogP contribution is -2.49. The number of hydrogen-bond acceptors (Lipinski definition) is 8. The maximum atomic E-state index is 12.9. The minimum Gasteiger partial charge on any atom is -0.491 e. The maximum absolute atomic E-state index is 12.9. The van der Waals surface area contributed by atoms with E-state index in [0.717, 1.165) is 11.3 Å². The molecule has 0 aliphatic carbocycles. The van der Waals surface area contributed by atoms with Crippen molar-refractivity contribution in [3.63, 3.8) is 0 Å². The average Bonchev–Trinajstić information content (AvgIpc) is 3.67. The van der Waals surface area contributed by atoms with Crippen molar-refractivity contribution in [2.24, 2.45) is 0 Å². The Bertz CT molecular complexity index is 1620. The Kier molecular flexibility index (Phi) is 8.90. The summed E-state index contributed by atoms with van der Waals surface area (Å²) in [6.07, 6.45) is 2.68. The molecule has 2 fully saturated rings. The first-order valence-corrected chi connectivity index (χ1v) is 16.3. The number of rotatable bonds is 10. The van der Waals surface area contributed by atoms with Crippen LogP contribution in [0.15, 0.2) is 85.5 Å². The van der Waals surface area contributed by atoms with Crippen molar-refractivity contribution in [1.29, 1.82) is 0 Å². The van der Waals surface area contributed by atoms with Crippen LogP contribution in [-0.4, -0.2) is 73.0 Å². The molecule has 4 aromatic rings. The number of nitrogens with zero attached hydrogens (tertiary/aromatic N) is 5. The third-order valence-electron chi connectivity index (χ3n) is 7.50. The van der Waals surface area contributed by atoms with Gasteiger partial charge >= 0.3 is 0 Å². The second-order valence-corrected chi connectivity index (χ2v) is 13.3. The van der Waals surface area contributed by atoms with Crippen LogP contribution in [0.25, 0.3) is 0 Å². The molecule has 0 saturated carbocycles. The van der Waals surface area contributed by atoms with Crippen LogP contribution in [0.5, 0.6) is 5.75 Å². The van der Waals surface area contributed by atoms with E-state index in [2.05, 4.69) is 15.0 Å². The Morgan fingerprint density at radius 3 is 2.44 bits per heavy atom. The van der Waals surface area contributed by atoms with Crippen molar-refractivity contribution < 1.29 is 22.6 Å². The number of benzene rings is 3. The molecule has 0 unspecified atom stereocenters. The zero-order valence-corrected chi connectivity index (χ0v) is 25.6. The minimum absolute atomic E-state index is 0.0178. The summed E-state index contributed by atoms with van der Waals surface area (Å²) in [5.41, 5.74) is 2.45. The van der Waals surface area contributed by atoms with E-state index in [1.165, 1.54) is 6.33 Å². The first-order valence-electron chi connectivity index (χ1n) is 13.9. The lowest BCUT2D eigenvalue weighted by molar-refractivity contribution is -0.190. The third-order valence-corrected chi connectivity index (χ3v) is 9.90. The average molecular weight is 645 g/mol. The molecule has 2 aliphatic heterocycles. The van der Waals surface area contributed by atoms with Gasteiger partial charge in [-0.1, -0.05) is 59.6 Å². The van der Waals surface area contributed by atoms with Crippen molar-refractivity contribution in [2.45, 2.75) is 24.2 Å². The van der Waals surface area contributed by atoms with E-state index in [0.29, 0.717) is 54.1 Å². The van der Waals surface area contributed by atoms with Crippen LogP contribution in [0.2, 0.25) is 10.0 Å². The fourth-order valence-electron chi connectivity index (χ4n) is 5.33.